The van der Waals surface area contributed by atoms with Crippen molar-refractivity contribution in [2.45, 2.75) is 32.7 Å². The minimum atomic E-state index is -0.195. The summed E-state index contributed by atoms with van der Waals surface area (Å²) in [6.45, 7) is 3.87. The fourth-order valence-corrected chi connectivity index (χ4v) is 4.20. The van der Waals surface area contributed by atoms with E-state index in [-0.39, 0.29) is 17.9 Å². The van der Waals surface area contributed by atoms with Crippen LogP contribution >= 0.6 is 0 Å². The zero-order valence-corrected chi connectivity index (χ0v) is 17.9. The molecule has 4 aromatic rings. The Bertz CT molecular complexity index is 1360. The third kappa shape index (κ3) is 3.73. The first-order valence-electron chi connectivity index (χ1n) is 10.6. The summed E-state index contributed by atoms with van der Waals surface area (Å²) < 4.78 is 1.81. The fraction of sp³-hybridized carbons (Fsp3) is 0.200. The third-order valence-electron chi connectivity index (χ3n) is 5.80. The van der Waals surface area contributed by atoms with E-state index in [0.29, 0.717) is 17.1 Å². The molecule has 2 amide bonds. The molecule has 0 saturated carbocycles. The van der Waals surface area contributed by atoms with Gasteiger partial charge in [0.25, 0.3) is 11.8 Å². The first-order valence-corrected chi connectivity index (χ1v) is 10.6. The van der Waals surface area contributed by atoms with Crippen molar-refractivity contribution in [2.24, 2.45) is 0 Å². The number of benzene rings is 1. The van der Waals surface area contributed by atoms with Crippen LogP contribution in [0.2, 0.25) is 0 Å². The molecule has 7 heteroatoms. The number of anilines is 1. The molecular weight excluding hydrogens is 402 g/mol. The summed E-state index contributed by atoms with van der Waals surface area (Å²) in [5.74, 6) is 0.177. The van der Waals surface area contributed by atoms with Gasteiger partial charge in [-0.1, -0.05) is 18.2 Å². The topological polar surface area (TPSA) is 88.4 Å². The van der Waals surface area contributed by atoms with E-state index < -0.39 is 0 Å². The van der Waals surface area contributed by atoms with E-state index in [9.17, 15) is 9.59 Å². The SMILES string of the molecule is Cc1ccc2ncc(C(=O)N[C@@H]3CCc4cc(C(=O)Nc5cccc(C)n5)ccc43)n2c1. The van der Waals surface area contributed by atoms with E-state index in [4.69, 9.17) is 0 Å². The maximum atomic E-state index is 13.0. The zero-order valence-electron chi connectivity index (χ0n) is 17.9. The second-order valence-corrected chi connectivity index (χ2v) is 8.17. The number of pyridine rings is 2. The molecule has 0 saturated heterocycles. The highest BCUT2D eigenvalue weighted by Gasteiger charge is 2.26. The van der Waals surface area contributed by atoms with E-state index in [2.05, 4.69) is 20.6 Å². The Morgan fingerprint density at radius 3 is 2.78 bits per heavy atom. The first-order chi connectivity index (χ1) is 15.5. The van der Waals surface area contributed by atoms with Crippen molar-refractivity contribution in [2.75, 3.05) is 5.32 Å². The van der Waals surface area contributed by atoms with Crippen LogP contribution < -0.4 is 10.6 Å². The zero-order chi connectivity index (χ0) is 22.2. The molecule has 0 spiro atoms. The van der Waals surface area contributed by atoms with Crippen LogP contribution in [0.15, 0.2) is 60.9 Å². The number of nitrogens with zero attached hydrogens (tertiary/aromatic N) is 3. The highest BCUT2D eigenvalue weighted by molar-refractivity contribution is 6.04. The molecule has 0 aliphatic heterocycles. The van der Waals surface area contributed by atoms with E-state index >= 15 is 0 Å². The summed E-state index contributed by atoms with van der Waals surface area (Å²) in [7, 11) is 0. The average Bonchev–Trinajstić information content (AvgIpc) is 3.37. The molecule has 1 atom stereocenters. The summed E-state index contributed by atoms with van der Waals surface area (Å²) in [5, 5.41) is 5.98. The molecular formula is C25H23N5O2. The Morgan fingerprint density at radius 1 is 1.06 bits per heavy atom. The van der Waals surface area contributed by atoms with Gasteiger partial charge >= 0.3 is 0 Å². The predicted molar refractivity (Wildman–Crippen MR) is 122 cm³/mol. The van der Waals surface area contributed by atoms with Gasteiger partial charge in [-0.3, -0.25) is 14.0 Å². The molecule has 1 aromatic carbocycles. The number of nitrogens with one attached hydrogen (secondary N) is 2. The van der Waals surface area contributed by atoms with Gasteiger partial charge in [-0.2, -0.15) is 0 Å². The van der Waals surface area contributed by atoms with Crippen molar-refractivity contribution >= 4 is 23.3 Å². The smallest absolute Gasteiger partial charge is 0.270 e. The first kappa shape index (κ1) is 19.9. The molecule has 3 aromatic heterocycles. The highest BCUT2D eigenvalue weighted by atomic mass is 16.2. The van der Waals surface area contributed by atoms with Gasteiger partial charge < -0.3 is 10.6 Å². The summed E-state index contributed by atoms with van der Waals surface area (Å²) in [6.07, 6.45) is 5.11. The second-order valence-electron chi connectivity index (χ2n) is 8.17. The van der Waals surface area contributed by atoms with Crippen LogP contribution in [0.3, 0.4) is 0 Å². The number of rotatable bonds is 4. The molecule has 1 aliphatic carbocycles. The molecule has 160 valence electrons. The lowest BCUT2D eigenvalue weighted by Crippen LogP contribution is -2.28. The third-order valence-corrected chi connectivity index (χ3v) is 5.80. The van der Waals surface area contributed by atoms with Crippen LogP contribution in [0, 0.1) is 13.8 Å². The standard InChI is InChI=1S/C25H23N5O2/c1-15-6-11-23-26-13-21(30(23)14-15)25(32)28-20-10-8-17-12-18(7-9-19(17)20)24(31)29-22-5-3-4-16(2)27-22/h3-7,9,11-14,20H,8,10H2,1-2H3,(H,28,32)(H,27,29,31)/t20-/m1/s1. The van der Waals surface area contributed by atoms with E-state index in [1.807, 2.05) is 60.8 Å². The lowest BCUT2D eigenvalue weighted by molar-refractivity contribution is 0.0930. The summed E-state index contributed by atoms with van der Waals surface area (Å²) in [6, 6.07) is 14.9. The molecule has 7 nitrogen and oxygen atoms in total. The number of aryl methyl sites for hydroxylation is 3. The molecule has 3 heterocycles. The minimum Gasteiger partial charge on any atom is -0.344 e. The van der Waals surface area contributed by atoms with E-state index in [1.165, 1.54) is 0 Å². The van der Waals surface area contributed by atoms with Gasteiger partial charge in [0.05, 0.1) is 12.2 Å². The van der Waals surface area contributed by atoms with Gasteiger partial charge in [-0.05, 0) is 73.7 Å². The van der Waals surface area contributed by atoms with Gasteiger partial charge in [0.2, 0.25) is 0 Å². The van der Waals surface area contributed by atoms with Gasteiger partial charge in [-0.25, -0.2) is 9.97 Å². The summed E-state index contributed by atoms with van der Waals surface area (Å²) in [4.78, 5) is 34.3. The van der Waals surface area contributed by atoms with Crippen LogP contribution in [0.4, 0.5) is 5.82 Å². The van der Waals surface area contributed by atoms with Crippen LogP contribution in [0.25, 0.3) is 5.65 Å². The van der Waals surface area contributed by atoms with Crippen molar-refractivity contribution in [3.63, 3.8) is 0 Å². The van der Waals surface area contributed by atoms with Crippen molar-refractivity contribution in [3.05, 3.63) is 94.6 Å². The quantitative estimate of drug-likeness (QED) is 0.517. The van der Waals surface area contributed by atoms with Gasteiger partial charge in [0.15, 0.2) is 0 Å². The molecule has 1 aliphatic rings. The molecule has 32 heavy (non-hydrogen) atoms. The molecule has 2 N–H and O–H groups in total. The van der Waals surface area contributed by atoms with E-state index in [1.54, 1.807) is 18.3 Å². The van der Waals surface area contributed by atoms with Gasteiger partial charge in [0.1, 0.15) is 17.2 Å². The van der Waals surface area contributed by atoms with Crippen LogP contribution in [-0.4, -0.2) is 26.2 Å². The Labute approximate surface area is 185 Å². The number of hydrogen-bond donors (Lipinski definition) is 2. The van der Waals surface area contributed by atoms with Gasteiger partial charge in [-0.15, -0.1) is 0 Å². The minimum absolute atomic E-state index is 0.0941. The predicted octanol–water partition coefficient (Wildman–Crippen LogP) is 4.02. The van der Waals surface area contributed by atoms with Crippen molar-refractivity contribution in [3.8, 4) is 0 Å². The second kappa shape index (κ2) is 7.92. The average molecular weight is 425 g/mol. The molecule has 0 unspecified atom stereocenters. The van der Waals surface area contributed by atoms with Crippen LogP contribution in [-0.2, 0) is 6.42 Å². The maximum absolute atomic E-state index is 13.0. The Morgan fingerprint density at radius 2 is 1.94 bits per heavy atom. The number of imidazole rings is 1. The monoisotopic (exact) mass is 425 g/mol. The summed E-state index contributed by atoms with van der Waals surface area (Å²) in [5.41, 5.74) is 5.86. The Hall–Kier alpha value is -4.00. The number of aromatic nitrogens is 3. The summed E-state index contributed by atoms with van der Waals surface area (Å²) >= 11 is 0. The van der Waals surface area contributed by atoms with Crippen molar-refractivity contribution in [1.29, 1.82) is 0 Å². The number of carbonyl (C=O) groups excluding carboxylic acids is 2. The lowest BCUT2D eigenvalue weighted by atomic mass is 10.0. The largest absolute Gasteiger partial charge is 0.344 e. The number of hydrogen-bond acceptors (Lipinski definition) is 4. The maximum Gasteiger partial charge on any atom is 0.270 e. The number of carbonyl (C=O) groups is 2. The highest BCUT2D eigenvalue weighted by Crippen LogP contribution is 2.32. The van der Waals surface area contributed by atoms with Crippen LogP contribution in [0.5, 0.6) is 0 Å². The van der Waals surface area contributed by atoms with Crippen LogP contribution in [0.1, 0.15) is 55.7 Å². The van der Waals surface area contributed by atoms with E-state index in [0.717, 1.165) is 40.9 Å². The molecule has 0 radical (unpaired) electrons. The Balaban J connectivity index is 1.32. The van der Waals surface area contributed by atoms with Crippen molar-refractivity contribution in [1.82, 2.24) is 19.7 Å². The number of amides is 2. The number of fused-ring (bicyclic) bond motifs is 2. The van der Waals surface area contributed by atoms with Crippen molar-refractivity contribution < 1.29 is 9.59 Å². The molecule has 5 rings (SSSR count). The molecule has 0 fully saturated rings. The Kier molecular flexibility index (Phi) is 4.93. The molecule has 0 bridgehead atoms. The lowest BCUT2D eigenvalue weighted by Gasteiger charge is -2.14. The normalized spacial score (nSPS) is 14.9. The fourth-order valence-electron chi connectivity index (χ4n) is 4.20. The van der Waals surface area contributed by atoms with Gasteiger partial charge in [0, 0.05) is 17.5 Å².